The number of carbonyl (C=O) groups excluding carboxylic acids is 1. The minimum Gasteiger partial charge on any atom is -0.370 e. The van der Waals surface area contributed by atoms with Gasteiger partial charge in [0.15, 0.2) is 6.29 Å². The molecule has 0 heterocycles. The van der Waals surface area contributed by atoms with Crippen LogP contribution < -0.4 is 4.90 Å². The molecule has 0 spiro atoms. The summed E-state index contributed by atoms with van der Waals surface area (Å²) in [5.41, 5.74) is 2.74. The topological polar surface area (TPSA) is 20.3 Å². The van der Waals surface area contributed by atoms with Gasteiger partial charge in [0.1, 0.15) is 0 Å². The van der Waals surface area contributed by atoms with E-state index < -0.39 is 0 Å². The third-order valence-electron chi connectivity index (χ3n) is 2.78. The molecule has 0 aliphatic heterocycles. The minimum atomic E-state index is 0.696. The van der Waals surface area contributed by atoms with Gasteiger partial charge in [0.25, 0.3) is 0 Å². The number of hydrogen-bond acceptors (Lipinski definition) is 2. The van der Waals surface area contributed by atoms with Crippen LogP contribution in [0, 0.1) is 0 Å². The molecule has 0 amide bonds. The van der Waals surface area contributed by atoms with Gasteiger partial charge in [0, 0.05) is 29.9 Å². The summed E-state index contributed by atoms with van der Waals surface area (Å²) in [5.74, 6) is 0. The maximum atomic E-state index is 11.0. The molecule has 2 aromatic rings. The van der Waals surface area contributed by atoms with Gasteiger partial charge in [-0.1, -0.05) is 35.9 Å². The maximum Gasteiger partial charge on any atom is 0.152 e. The van der Waals surface area contributed by atoms with Gasteiger partial charge in [-0.05, 0) is 29.8 Å². The largest absolute Gasteiger partial charge is 0.370 e. The second kappa shape index (κ2) is 5.69. The van der Waals surface area contributed by atoms with Gasteiger partial charge in [0.05, 0.1) is 0 Å². The Morgan fingerprint density at radius 2 is 1.94 bits per heavy atom. The van der Waals surface area contributed by atoms with E-state index >= 15 is 0 Å². The van der Waals surface area contributed by atoms with E-state index in [0.717, 1.165) is 22.6 Å². The van der Waals surface area contributed by atoms with Crippen molar-refractivity contribution in [2.75, 3.05) is 11.9 Å². The van der Waals surface area contributed by atoms with Crippen LogP contribution >= 0.6 is 11.6 Å². The zero-order chi connectivity index (χ0) is 13.0. The first-order valence-electron chi connectivity index (χ1n) is 5.70. The molecule has 0 saturated heterocycles. The van der Waals surface area contributed by atoms with E-state index in [1.54, 1.807) is 0 Å². The van der Waals surface area contributed by atoms with Crippen LogP contribution in [0.2, 0.25) is 5.02 Å². The fraction of sp³-hybridized carbons (Fsp3) is 0.133. The summed E-state index contributed by atoms with van der Waals surface area (Å²) in [4.78, 5) is 13.0. The van der Waals surface area contributed by atoms with Gasteiger partial charge in [-0.25, -0.2) is 0 Å². The molecule has 0 aliphatic carbocycles. The summed E-state index contributed by atoms with van der Waals surface area (Å²) in [6.07, 6.45) is 0.879. The van der Waals surface area contributed by atoms with Crippen LogP contribution in [0.3, 0.4) is 0 Å². The van der Waals surface area contributed by atoms with E-state index in [4.69, 9.17) is 11.6 Å². The molecule has 0 unspecified atom stereocenters. The molecule has 0 saturated carbocycles. The van der Waals surface area contributed by atoms with E-state index in [2.05, 4.69) is 0 Å². The molecular formula is C15H14ClNO. The summed E-state index contributed by atoms with van der Waals surface area (Å²) in [6, 6.07) is 15.3. The van der Waals surface area contributed by atoms with Crippen LogP contribution in [-0.4, -0.2) is 13.3 Å². The van der Waals surface area contributed by atoms with Crippen LogP contribution in [0.1, 0.15) is 15.9 Å². The SMILES string of the molecule is CN(Cc1cccc(Cl)c1)c1ccccc1C=O. The highest BCUT2D eigenvalue weighted by molar-refractivity contribution is 6.30. The highest BCUT2D eigenvalue weighted by Crippen LogP contribution is 2.20. The maximum absolute atomic E-state index is 11.0. The zero-order valence-corrected chi connectivity index (χ0v) is 10.9. The molecule has 0 radical (unpaired) electrons. The van der Waals surface area contributed by atoms with E-state index in [9.17, 15) is 4.79 Å². The van der Waals surface area contributed by atoms with Crippen molar-refractivity contribution < 1.29 is 4.79 Å². The van der Waals surface area contributed by atoms with Crippen molar-refractivity contribution in [2.45, 2.75) is 6.54 Å². The fourth-order valence-corrected chi connectivity index (χ4v) is 2.14. The second-order valence-corrected chi connectivity index (χ2v) is 4.60. The van der Waals surface area contributed by atoms with Crippen molar-refractivity contribution in [3.8, 4) is 0 Å². The van der Waals surface area contributed by atoms with Crippen molar-refractivity contribution in [3.63, 3.8) is 0 Å². The normalized spacial score (nSPS) is 10.1. The Labute approximate surface area is 112 Å². The first-order valence-corrected chi connectivity index (χ1v) is 6.08. The molecule has 2 nitrogen and oxygen atoms in total. The number of nitrogens with zero attached hydrogens (tertiary/aromatic N) is 1. The predicted molar refractivity (Wildman–Crippen MR) is 75.4 cm³/mol. The van der Waals surface area contributed by atoms with E-state index in [0.29, 0.717) is 12.1 Å². The van der Waals surface area contributed by atoms with E-state index in [-0.39, 0.29) is 0 Å². The highest BCUT2D eigenvalue weighted by atomic mass is 35.5. The zero-order valence-electron chi connectivity index (χ0n) is 10.1. The molecule has 2 rings (SSSR count). The van der Waals surface area contributed by atoms with E-state index in [1.165, 1.54) is 0 Å². The molecule has 0 aromatic heterocycles. The summed E-state index contributed by atoms with van der Waals surface area (Å²) in [5, 5.41) is 0.726. The lowest BCUT2D eigenvalue weighted by molar-refractivity contribution is 0.112. The average molecular weight is 260 g/mol. The number of rotatable bonds is 4. The first kappa shape index (κ1) is 12.7. The van der Waals surface area contributed by atoms with Gasteiger partial charge in [-0.2, -0.15) is 0 Å². The number of hydrogen-bond donors (Lipinski definition) is 0. The number of anilines is 1. The molecule has 0 atom stereocenters. The second-order valence-electron chi connectivity index (χ2n) is 4.16. The lowest BCUT2D eigenvalue weighted by atomic mass is 10.1. The minimum absolute atomic E-state index is 0.696. The summed E-state index contributed by atoms with van der Waals surface area (Å²) in [6.45, 7) is 0.714. The molecule has 0 bridgehead atoms. The number of carbonyl (C=O) groups is 1. The van der Waals surface area contributed by atoms with Crippen molar-refractivity contribution >= 4 is 23.6 Å². The van der Waals surface area contributed by atoms with E-state index in [1.807, 2.05) is 60.5 Å². The molecule has 0 fully saturated rings. The standard InChI is InChI=1S/C15H14ClNO/c1-17(10-12-5-4-7-14(16)9-12)15-8-3-2-6-13(15)11-18/h2-9,11H,10H2,1H3. The molecule has 2 aromatic carbocycles. The third kappa shape index (κ3) is 2.90. The Bertz CT molecular complexity index is 554. The molecule has 0 N–H and O–H groups in total. The Kier molecular flexibility index (Phi) is 4.00. The summed E-state index contributed by atoms with van der Waals surface area (Å²) < 4.78 is 0. The number of para-hydroxylation sites is 1. The van der Waals surface area contributed by atoms with Crippen molar-refractivity contribution in [1.29, 1.82) is 0 Å². The van der Waals surface area contributed by atoms with Crippen molar-refractivity contribution in [1.82, 2.24) is 0 Å². The Balaban J connectivity index is 2.21. The molecule has 3 heteroatoms. The van der Waals surface area contributed by atoms with Crippen LogP contribution in [0.15, 0.2) is 48.5 Å². The summed E-state index contributed by atoms with van der Waals surface area (Å²) >= 11 is 5.96. The average Bonchev–Trinajstić information content (AvgIpc) is 2.38. The molecule has 92 valence electrons. The fourth-order valence-electron chi connectivity index (χ4n) is 1.93. The number of aldehydes is 1. The monoisotopic (exact) mass is 259 g/mol. The van der Waals surface area contributed by atoms with Gasteiger partial charge in [0.2, 0.25) is 0 Å². The van der Waals surface area contributed by atoms with Gasteiger partial charge in [-0.15, -0.1) is 0 Å². The Morgan fingerprint density at radius 1 is 1.17 bits per heavy atom. The van der Waals surface area contributed by atoms with Gasteiger partial charge in [-0.3, -0.25) is 4.79 Å². The van der Waals surface area contributed by atoms with Gasteiger partial charge >= 0.3 is 0 Å². The Hall–Kier alpha value is -1.80. The Morgan fingerprint density at radius 3 is 2.67 bits per heavy atom. The summed E-state index contributed by atoms with van der Waals surface area (Å²) in [7, 11) is 1.96. The quantitative estimate of drug-likeness (QED) is 0.779. The molecule has 18 heavy (non-hydrogen) atoms. The lowest BCUT2D eigenvalue weighted by Crippen LogP contribution is -2.17. The number of benzene rings is 2. The third-order valence-corrected chi connectivity index (χ3v) is 3.02. The van der Waals surface area contributed by atoms with Crippen molar-refractivity contribution in [3.05, 3.63) is 64.7 Å². The van der Waals surface area contributed by atoms with Gasteiger partial charge < -0.3 is 4.90 Å². The van der Waals surface area contributed by atoms with Crippen LogP contribution in [0.5, 0.6) is 0 Å². The molecular weight excluding hydrogens is 246 g/mol. The first-order chi connectivity index (χ1) is 8.70. The number of halogens is 1. The van der Waals surface area contributed by atoms with Crippen molar-refractivity contribution in [2.24, 2.45) is 0 Å². The van der Waals surface area contributed by atoms with Crippen LogP contribution in [0.25, 0.3) is 0 Å². The van der Waals surface area contributed by atoms with Crippen LogP contribution in [0.4, 0.5) is 5.69 Å². The highest BCUT2D eigenvalue weighted by Gasteiger charge is 2.06. The predicted octanol–water partition coefficient (Wildman–Crippen LogP) is 3.79. The van der Waals surface area contributed by atoms with Crippen LogP contribution in [-0.2, 0) is 6.54 Å². The smallest absolute Gasteiger partial charge is 0.152 e. The lowest BCUT2D eigenvalue weighted by Gasteiger charge is -2.21. The molecule has 0 aliphatic rings.